The summed E-state index contributed by atoms with van der Waals surface area (Å²) in [5, 5.41) is 11.2. The van der Waals surface area contributed by atoms with Gasteiger partial charge in [-0.2, -0.15) is 5.26 Å². The van der Waals surface area contributed by atoms with Crippen molar-refractivity contribution in [1.29, 1.82) is 5.26 Å². The maximum absolute atomic E-state index is 9.54. The Balaban J connectivity index is 1.73. The van der Waals surface area contributed by atoms with Crippen molar-refractivity contribution >= 4 is 56.4 Å². The average molecular weight is 397 g/mol. The molecule has 0 unspecified atom stereocenters. The third-order valence-electron chi connectivity index (χ3n) is 3.77. The van der Waals surface area contributed by atoms with Crippen molar-refractivity contribution in [2.24, 2.45) is 0 Å². The highest BCUT2D eigenvalue weighted by Gasteiger charge is 2.13. The highest BCUT2D eigenvalue weighted by atomic mass is 35.5. The molecule has 0 fully saturated rings. The van der Waals surface area contributed by atoms with E-state index in [9.17, 15) is 5.26 Å². The van der Waals surface area contributed by atoms with Crippen molar-refractivity contribution in [2.75, 3.05) is 0 Å². The first-order chi connectivity index (χ1) is 12.7. The molecule has 3 nitrogen and oxygen atoms in total. The van der Waals surface area contributed by atoms with Crippen LogP contribution in [0, 0.1) is 11.3 Å². The predicted molar refractivity (Wildman–Crippen MR) is 107 cm³/mol. The first-order valence-corrected chi connectivity index (χ1v) is 9.25. The number of thiazole rings is 1. The molecule has 126 valence electrons. The Bertz CT molecular complexity index is 1130. The SMILES string of the molecule is N#C/C(=C\c1ccc(-c2c(Cl)cccc2Cl)o1)c1nc2ccccc2s1. The average Bonchev–Trinajstić information content (AvgIpc) is 3.26. The Morgan fingerprint density at radius 2 is 1.81 bits per heavy atom. The minimum atomic E-state index is 0.442. The highest BCUT2D eigenvalue weighted by Crippen LogP contribution is 2.36. The van der Waals surface area contributed by atoms with Crippen LogP contribution >= 0.6 is 34.5 Å². The quantitative estimate of drug-likeness (QED) is 0.352. The van der Waals surface area contributed by atoms with Crippen LogP contribution in [0.3, 0.4) is 0 Å². The van der Waals surface area contributed by atoms with E-state index in [0.29, 0.717) is 37.7 Å². The van der Waals surface area contributed by atoms with E-state index < -0.39 is 0 Å². The van der Waals surface area contributed by atoms with Gasteiger partial charge in [-0.05, 0) is 36.4 Å². The van der Waals surface area contributed by atoms with Crippen molar-refractivity contribution in [3.63, 3.8) is 0 Å². The summed E-state index contributed by atoms with van der Waals surface area (Å²) in [6.45, 7) is 0. The minimum absolute atomic E-state index is 0.442. The van der Waals surface area contributed by atoms with Gasteiger partial charge in [-0.1, -0.05) is 41.4 Å². The summed E-state index contributed by atoms with van der Waals surface area (Å²) >= 11 is 13.9. The molecular formula is C20H10Cl2N2OS. The Hall–Kier alpha value is -2.58. The molecule has 0 saturated heterocycles. The molecule has 2 aromatic carbocycles. The zero-order valence-corrected chi connectivity index (χ0v) is 15.6. The number of fused-ring (bicyclic) bond motifs is 1. The van der Waals surface area contributed by atoms with E-state index in [1.165, 1.54) is 11.3 Å². The van der Waals surface area contributed by atoms with Gasteiger partial charge in [-0.25, -0.2) is 4.98 Å². The first-order valence-electron chi connectivity index (χ1n) is 7.67. The molecule has 0 saturated carbocycles. The molecule has 26 heavy (non-hydrogen) atoms. The van der Waals surface area contributed by atoms with Crippen molar-refractivity contribution < 1.29 is 4.42 Å². The van der Waals surface area contributed by atoms with Crippen LogP contribution in [0.5, 0.6) is 0 Å². The molecule has 2 aromatic heterocycles. The number of aromatic nitrogens is 1. The van der Waals surface area contributed by atoms with Crippen molar-refractivity contribution in [3.05, 3.63) is 75.4 Å². The zero-order chi connectivity index (χ0) is 18.1. The maximum atomic E-state index is 9.54. The Morgan fingerprint density at radius 3 is 2.54 bits per heavy atom. The van der Waals surface area contributed by atoms with Gasteiger partial charge in [0, 0.05) is 6.08 Å². The number of rotatable bonds is 3. The number of hydrogen-bond acceptors (Lipinski definition) is 4. The summed E-state index contributed by atoms with van der Waals surface area (Å²) in [5.41, 5.74) is 1.95. The minimum Gasteiger partial charge on any atom is -0.457 e. The standard InChI is InChI=1S/C20H10Cl2N2OS/c21-14-4-3-5-15(22)19(14)17-9-8-13(25-17)10-12(11-23)20-24-16-6-1-2-7-18(16)26-20/h1-10H/b12-10+. The second-order valence-corrected chi connectivity index (χ2v) is 7.30. The van der Waals surface area contributed by atoms with E-state index in [-0.39, 0.29) is 0 Å². The molecule has 2 heterocycles. The molecule has 0 N–H and O–H groups in total. The van der Waals surface area contributed by atoms with Gasteiger partial charge in [0.1, 0.15) is 22.6 Å². The third-order valence-corrected chi connectivity index (χ3v) is 5.47. The second kappa shape index (κ2) is 6.97. The fourth-order valence-corrected chi connectivity index (χ4v) is 4.08. The van der Waals surface area contributed by atoms with Gasteiger partial charge in [0.25, 0.3) is 0 Å². The molecule has 0 spiro atoms. The van der Waals surface area contributed by atoms with Crippen LogP contribution in [0.4, 0.5) is 0 Å². The summed E-state index contributed by atoms with van der Waals surface area (Å²) in [7, 11) is 0. The fraction of sp³-hybridized carbons (Fsp3) is 0. The third kappa shape index (κ3) is 3.13. The zero-order valence-electron chi connectivity index (χ0n) is 13.2. The van der Waals surface area contributed by atoms with Gasteiger partial charge in [0.15, 0.2) is 0 Å². The van der Waals surface area contributed by atoms with E-state index in [0.717, 1.165) is 10.2 Å². The van der Waals surface area contributed by atoms with Crippen molar-refractivity contribution in [3.8, 4) is 17.4 Å². The van der Waals surface area contributed by atoms with Gasteiger partial charge < -0.3 is 4.42 Å². The lowest BCUT2D eigenvalue weighted by molar-refractivity contribution is 0.572. The van der Waals surface area contributed by atoms with Crippen LogP contribution in [-0.4, -0.2) is 4.98 Å². The molecule has 6 heteroatoms. The Kier molecular flexibility index (Phi) is 4.52. The summed E-state index contributed by atoms with van der Waals surface area (Å²) in [6, 6.07) is 18.8. The predicted octanol–water partition coefficient (Wildman–Crippen LogP) is 6.93. The number of nitriles is 1. The monoisotopic (exact) mass is 396 g/mol. The number of furan rings is 1. The van der Waals surface area contributed by atoms with Gasteiger partial charge in [0.2, 0.25) is 0 Å². The highest BCUT2D eigenvalue weighted by molar-refractivity contribution is 7.19. The molecule has 0 aliphatic heterocycles. The lowest BCUT2D eigenvalue weighted by Crippen LogP contribution is -1.79. The molecule has 0 aliphatic carbocycles. The molecule has 4 aromatic rings. The normalized spacial score (nSPS) is 11.7. The summed E-state index contributed by atoms with van der Waals surface area (Å²) < 4.78 is 6.87. The molecule has 0 amide bonds. The number of halogens is 2. The maximum Gasteiger partial charge on any atom is 0.137 e. The van der Waals surface area contributed by atoms with E-state index in [1.807, 2.05) is 24.3 Å². The summed E-state index contributed by atoms with van der Waals surface area (Å²) in [6.07, 6.45) is 1.67. The van der Waals surface area contributed by atoms with Crippen LogP contribution in [0.2, 0.25) is 10.0 Å². The van der Waals surface area contributed by atoms with E-state index >= 15 is 0 Å². The Labute approximate surface area is 163 Å². The van der Waals surface area contributed by atoms with Crippen molar-refractivity contribution in [1.82, 2.24) is 4.98 Å². The molecular weight excluding hydrogens is 387 g/mol. The molecule has 0 atom stereocenters. The second-order valence-electron chi connectivity index (χ2n) is 5.46. The fourth-order valence-electron chi connectivity index (χ4n) is 2.57. The summed E-state index contributed by atoms with van der Waals surface area (Å²) in [5.74, 6) is 1.08. The first kappa shape index (κ1) is 16.9. The number of nitrogens with zero attached hydrogens (tertiary/aromatic N) is 2. The number of para-hydroxylation sites is 1. The lowest BCUT2D eigenvalue weighted by Gasteiger charge is -2.02. The van der Waals surface area contributed by atoms with Gasteiger partial charge in [-0.3, -0.25) is 0 Å². The molecule has 0 bridgehead atoms. The van der Waals surface area contributed by atoms with Gasteiger partial charge >= 0.3 is 0 Å². The number of benzene rings is 2. The number of hydrogen-bond donors (Lipinski definition) is 0. The number of allylic oxidation sites excluding steroid dienone is 1. The lowest BCUT2D eigenvalue weighted by atomic mass is 10.2. The van der Waals surface area contributed by atoms with E-state index in [2.05, 4.69) is 11.1 Å². The van der Waals surface area contributed by atoms with E-state index in [4.69, 9.17) is 27.6 Å². The molecule has 4 rings (SSSR count). The molecule has 0 aliphatic rings. The molecule has 0 radical (unpaired) electrons. The van der Waals surface area contributed by atoms with Crippen LogP contribution < -0.4 is 0 Å². The van der Waals surface area contributed by atoms with Gasteiger partial charge in [0.05, 0.1) is 31.4 Å². The largest absolute Gasteiger partial charge is 0.457 e. The Morgan fingerprint density at radius 1 is 1.04 bits per heavy atom. The van der Waals surface area contributed by atoms with Crippen LogP contribution in [-0.2, 0) is 0 Å². The van der Waals surface area contributed by atoms with Crippen molar-refractivity contribution in [2.45, 2.75) is 0 Å². The van der Waals surface area contributed by atoms with Crippen LogP contribution in [0.1, 0.15) is 10.8 Å². The smallest absolute Gasteiger partial charge is 0.137 e. The van der Waals surface area contributed by atoms with Crippen LogP contribution in [0.25, 0.3) is 33.2 Å². The topological polar surface area (TPSA) is 49.8 Å². The van der Waals surface area contributed by atoms with Crippen LogP contribution in [0.15, 0.2) is 59.0 Å². The van der Waals surface area contributed by atoms with Gasteiger partial charge in [-0.15, -0.1) is 11.3 Å². The van der Waals surface area contributed by atoms with E-state index in [1.54, 1.807) is 36.4 Å². The summed E-state index contributed by atoms with van der Waals surface area (Å²) in [4.78, 5) is 4.52.